The van der Waals surface area contributed by atoms with Gasteiger partial charge >= 0.3 is 0 Å². The van der Waals surface area contributed by atoms with E-state index < -0.39 is 0 Å². The fourth-order valence-electron chi connectivity index (χ4n) is 3.98. The number of hydrogen-bond acceptors (Lipinski definition) is 0. The van der Waals surface area contributed by atoms with Crippen LogP contribution in [-0.4, -0.2) is 0 Å². The molecule has 2 aromatic carbocycles. The van der Waals surface area contributed by atoms with E-state index in [1.807, 2.05) is 0 Å². The van der Waals surface area contributed by atoms with E-state index in [1.165, 1.54) is 33.2 Å². The Morgan fingerprint density at radius 3 is 2.63 bits per heavy atom. The predicted molar refractivity (Wildman–Crippen MR) is 115 cm³/mol. The van der Waals surface area contributed by atoms with Gasteiger partial charge < -0.3 is 0 Å². The van der Waals surface area contributed by atoms with E-state index >= 15 is 0 Å². The number of allylic oxidation sites excluding steroid dienone is 5. The van der Waals surface area contributed by atoms with Crippen molar-refractivity contribution in [2.24, 2.45) is 0 Å². The predicted octanol–water partition coefficient (Wildman–Crippen LogP) is 6.31. The van der Waals surface area contributed by atoms with Crippen LogP contribution in [0.15, 0.2) is 85.1 Å². The fraction of sp³-hybridized carbons (Fsp3) is 0.192. The lowest BCUT2D eigenvalue weighted by Crippen LogP contribution is -2.32. The molecule has 0 amide bonds. The molecule has 1 atom stereocenters. The highest BCUT2D eigenvalue weighted by Crippen LogP contribution is 2.34. The number of rotatable bonds is 4. The molecule has 4 rings (SSSR count). The smallest absolute Gasteiger partial charge is 0.199 e. The SMILES string of the molecule is CC[C@@H]1C=C/C(=C\C=C\c2cc[n+](CC)c3ccccc23)c2ccccc21. The molecule has 0 saturated heterocycles. The Morgan fingerprint density at radius 1 is 0.963 bits per heavy atom. The van der Waals surface area contributed by atoms with Gasteiger partial charge in [0.2, 0.25) is 5.52 Å². The standard InChI is InChI=1S/C26H26N/c1-3-20-16-17-21(24-13-6-5-12-23(20)24)10-9-11-22-18-19-27(4-2)26-15-8-7-14-25(22)26/h5-20H,3-4H2,1-2H3/q+1/b11-9+,21-10+/t20-/m1/s1. The van der Waals surface area contributed by atoms with Crippen molar-refractivity contribution in [2.45, 2.75) is 32.7 Å². The summed E-state index contributed by atoms with van der Waals surface area (Å²) >= 11 is 0. The highest BCUT2D eigenvalue weighted by Gasteiger charge is 2.16. The highest BCUT2D eigenvalue weighted by atomic mass is 14.9. The van der Waals surface area contributed by atoms with Gasteiger partial charge in [0, 0.05) is 18.1 Å². The Labute approximate surface area is 162 Å². The number of aromatic nitrogens is 1. The molecule has 134 valence electrons. The van der Waals surface area contributed by atoms with Crippen LogP contribution in [-0.2, 0) is 6.54 Å². The van der Waals surface area contributed by atoms with Gasteiger partial charge in [-0.1, -0.05) is 73.7 Å². The van der Waals surface area contributed by atoms with E-state index in [0.29, 0.717) is 5.92 Å². The molecular formula is C26H26N+. The second kappa shape index (κ2) is 7.75. The first-order chi connectivity index (χ1) is 13.3. The number of nitrogens with zero attached hydrogens (tertiary/aromatic N) is 1. The van der Waals surface area contributed by atoms with Gasteiger partial charge in [0.1, 0.15) is 6.54 Å². The maximum absolute atomic E-state index is 2.34. The highest BCUT2D eigenvalue weighted by molar-refractivity contribution is 5.86. The lowest BCUT2D eigenvalue weighted by molar-refractivity contribution is -0.667. The molecule has 0 bridgehead atoms. The quantitative estimate of drug-likeness (QED) is 0.485. The van der Waals surface area contributed by atoms with Gasteiger partial charge in [-0.25, -0.2) is 0 Å². The number of para-hydroxylation sites is 1. The van der Waals surface area contributed by atoms with Crippen molar-refractivity contribution in [1.82, 2.24) is 0 Å². The minimum Gasteiger partial charge on any atom is -0.199 e. The molecule has 1 heteroatoms. The first-order valence-electron chi connectivity index (χ1n) is 9.89. The zero-order valence-corrected chi connectivity index (χ0v) is 16.1. The summed E-state index contributed by atoms with van der Waals surface area (Å²) in [6.45, 7) is 5.42. The Kier molecular flexibility index (Phi) is 5.02. The number of hydrogen-bond donors (Lipinski definition) is 0. The van der Waals surface area contributed by atoms with Crippen molar-refractivity contribution < 1.29 is 4.57 Å². The van der Waals surface area contributed by atoms with Crippen molar-refractivity contribution >= 4 is 22.6 Å². The number of benzene rings is 2. The first kappa shape index (κ1) is 17.5. The van der Waals surface area contributed by atoms with E-state index in [4.69, 9.17) is 0 Å². The molecule has 1 aliphatic rings. The third-order valence-corrected chi connectivity index (χ3v) is 5.47. The van der Waals surface area contributed by atoms with Crippen LogP contribution >= 0.6 is 0 Å². The van der Waals surface area contributed by atoms with Crippen molar-refractivity contribution in [3.05, 3.63) is 102 Å². The molecule has 0 saturated carbocycles. The van der Waals surface area contributed by atoms with Crippen LogP contribution in [0.2, 0.25) is 0 Å². The molecule has 0 fully saturated rings. The summed E-state index contributed by atoms with van der Waals surface area (Å²) in [5, 5.41) is 1.29. The third-order valence-electron chi connectivity index (χ3n) is 5.47. The van der Waals surface area contributed by atoms with Gasteiger partial charge in [-0.15, -0.1) is 0 Å². The maximum Gasteiger partial charge on any atom is 0.213 e. The van der Waals surface area contributed by atoms with Gasteiger partial charge in [-0.3, -0.25) is 0 Å². The maximum atomic E-state index is 2.34. The van der Waals surface area contributed by atoms with Crippen LogP contribution in [0, 0.1) is 0 Å². The van der Waals surface area contributed by atoms with Crippen molar-refractivity contribution in [3.8, 4) is 0 Å². The Hall–Kier alpha value is -2.93. The summed E-state index contributed by atoms with van der Waals surface area (Å²) in [4.78, 5) is 0. The van der Waals surface area contributed by atoms with Gasteiger partial charge in [0.25, 0.3) is 0 Å². The van der Waals surface area contributed by atoms with E-state index in [9.17, 15) is 0 Å². The van der Waals surface area contributed by atoms with Crippen LogP contribution in [0.3, 0.4) is 0 Å². The second-order valence-corrected chi connectivity index (χ2v) is 7.02. The Balaban J connectivity index is 1.70. The first-order valence-corrected chi connectivity index (χ1v) is 9.89. The minimum atomic E-state index is 0.532. The normalized spacial score (nSPS) is 17.7. The van der Waals surface area contributed by atoms with E-state index in [0.717, 1.165) is 13.0 Å². The zero-order valence-electron chi connectivity index (χ0n) is 16.1. The summed E-state index contributed by atoms with van der Waals surface area (Å²) in [5.74, 6) is 0.532. The summed E-state index contributed by atoms with van der Waals surface area (Å²) in [5.41, 5.74) is 6.63. The molecule has 3 aromatic rings. The van der Waals surface area contributed by atoms with Crippen molar-refractivity contribution in [1.29, 1.82) is 0 Å². The van der Waals surface area contributed by atoms with Crippen LogP contribution in [0.1, 0.15) is 42.9 Å². The molecule has 0 radical (unpaired) electrons. The third kappa shape index (κ3) is 3.38. The van der Waals surface area contributed by atoms with Gasteiger partial charge in [0.05, 0.1) is 5.39 Å². The molecule has 1 heterocycles. The van der Waals surface area contributed by atoms with E-state index in [-0.39, 0.29) is 0 Å². The number of aryl methyl sites for hydroxylation is 1. The molecule has 0 spiro atoms. The van der Waals surface area contributed by atoms with Crippen LogP contribution in [0.5, 0.6) is 0 Å². The monoisotopic (exact) mass is 352 g/mol. The zero-order chi connectivity index (χ0) is 18.6. The average molecular weight is 353 g/mol. The summed E-state index contributed by atoms with van der Waals surface area (Å²) in [6.07, 6.45) is 14.6. The Morgan fingerprint density at radius 2 is 1.78 bits per heavy atom. The molecule has 0 aliphatic heterocycles. The van der Waals surface area contributed by atoms with Crippen molar-refractivity contribution in [3.63, 3.8) is 0 Å². The van der Waals surface area contributed by atoms with E-state index in [1.54, 1.807) is 0 Å². The summed E-state index contributed by atoms with van der Waals surface area (Å²) in [7, 11) is 0. The average Bonchev–Trinajstić information content (AvgIpc) is 2.74. The lowest BCUT2D eigenvalue weighted by Gasteiger charge is -2.21. The number of fused-ring (bicyclic) bond motifs is 2. The molecular weight excluding hydrogens is 326 g/mol. The molecule has 0 N–H and O–H groups in total. The number of pyridine rings is 1. The Bertz CT molecular complexity index is 1050. The van der Waals surface area contributed by atoms with E-state index in [2.05, 4.69) is 110 Å². The largest absolute Gasteiger partial charge is 0.213 e. The molecule has 1 aromatic heterocycles. The molecule has 27 heavy (non-hydrogen) atoms. The van der Waals surface area contributed by atoms with Crippen molar-refractivity contribution in [2.75, 3.05) is 0 Å². The molecule has 0 unspecified atom stereocenters. The van der Waals surface area contributed by atoms with Gasteiger partial charge in [-0.2, -0.15) is 4.57 Å². The lowest BCUT2D eigenvalue weighted by atomic mass is 9.83. The van der Waals surface area contributed by atoms with Crippen LogP contribution in [0.25, 0.3) is 22.6 Å². The van der Waals surface area contributed by atoms with Gasteiger partial charge in [-0.05, 0) is 41.7 Å². The van der Waals surface area contributed by atoms with Crippen LogP contribution < -0.4 is 4.57 Å². The summed E-state index contributed by atoms with van der Waals surface area (Å²) < 4.78 is 2.29. The fourth-order valence-corrected chi connectivity index (χ4v) is 3.98. The van der Waals surface area contributed by atoms with Crippen LogP contribution in [0.4, 0.5) is 0 Å². The van der Waals surface area contributed by atoms with Gasteiger partial charge in [0.15, 0.2) is 6.20 Å². The second-order valence-electron chi connectivity index (χ2n) is 7.02. The minimum absolute atomic E-state index is 0.532. The molecule has 1 nitrogen and oxygen atoms in total. The summed E-state index contributed by atoms with van der Waals surface area (Å²) in [6, 6.07) is 19.6. The molecule has 1 aliphatic carbocycles. The topological polar surface area (TPSA) is 3.88 Å².